The molecule has 0 heterocycles. The van der Waals surface area contributed by atoms with Crippen molar-refractivity contribution in [2.24, 2.45) is 5.92 Å². The van der Waals surface area contributed by atoms with E-state index in [-0.39, 0.29) is 5.38 Å². The van der Waals surface area contributed by atoms with Crippen LogP contribution in [0.15, 0.2) is 18.2 Å². The molecule has 1 atom stereocenters. The Labute approximate surface area is 85.9 Å². The number of hydrogen-bond acceptors (Lipinski definition) is 0. The Hall–Kier alpha value is -0.490. The number of hydrogen-bond donors (Lipinski definition) is 0. The van der Waals surface area contributed by atoms with Gasteiger partial charge in [0, 0.05) is 0 Å². The third kappa shape index (κ3) is 2.47. The summed E-state index contributed by atoms with van der Waals surface area (Å²) in [4.78, 5) is 0. The highest BCUT2D eigenvalue weighted by Gasteiger charge is 2.13. The van der Waals surface area contributed by atoms with Gasteiger partial charge in [-0.15, -0.1) is 11.6 Å². The van der Waals surface area contributed by atoms with Gasteiger partial charge in [-0.3, -0.25) is 0 Å². The molecule has 0 aliphatic carbocycles. The molecule has 1 unspecified atom stereocenters. The molecule has 0 saturated carbocycles. The molecule has 13 heavy (non-hydrogen) atoms. The smallest absolute Gasteiger partial charge is 0.0610 e. The summed E-state index contributed by atoms with van der Waals surface area (Å²) >= 11 is 6.30. The van der Waals surface area contributed by atoms with E-state index >= 15 is 0 Å². The molecule has 0 aliphatic heterocycles. The molecular weight excluding hydrogens is 180 g/mol. The zero-order valence-electron chi connectivity index (χ0n) is 8.76. The molecule has 0 radical (unpaired) electrons. The molecule has 0 aromatic heterocycles. The number of alkyl halides is 1. The molecule has 1 heteroatoms. The summed E-state index contributed by atoms with van der Waals surface area (Å²) in [6, 6.07) is 6.45. The van der Waals surface area contributed by atoms with Crippen LogP contribution in [-0.4, -0.2) is 0 Å². The monoisotopic (exact) mass is 196 g/mol. The van der Waals surface area contributed by atoms with Crippen LogP contribution >= 0.6 is 11.6 Å². The maximum Gasteiger partial charge on any atom is 0.0610 e. The van der Waals surface area contributed by atoms with Gasteiger partial charge in [-0.2, -0.15) is 0 Å². The Kier molecular flexibility index (Phi) is 3.38. The van der Waals surface area contributed by atoms with Gasteiger partial charge in [-0.25, -0.2) is 0 Å². The Morgan fingerprint density at radius 1 is 1.15 bits per heavy atom. The van der Waals surface area contributed by atoms with Gasteiger partial charge in [-0.1, -0.05) is 37.6 Å². The Morgan fingerprint density at radius 2 is 1.77 bits per heavy atom. The quantitative estimate of drug-likeness (QED) is 0.621. The average Bonchev–Trinajstić information content (AvgIpc) is 2.03. The lowest BCUT2D eigenvalue weighted by molar-refractivity contribution is 0.622. The van der Waals surface area contributed by atoms with E-state index in [1.54, 1.807) is 0 Å². The normalized spacial score (nSPS) is 13.4. The van der Waals surface area contributed by atoms with Crippen molar-refractivity contribution in [2.45, 2.75) is 33.1 Å². The van der Waals surface area contributed by atoms with Crippen LogP contribution in [0.25, 0.3) is 0 Å². The van der Waals surface area contributed by atoms with Crippen molar-refractivity contribution in [3.05, 3.63) is 34.9 Å². The van der Waals surface area contributed by atoms with Crippen LogP contribution in [-0.2, 0) is 0 Å². The number of rotatable bonds is 2. The van der Waals surface area contributed by atoms with Crippen molar-refractivity contribution in [1.29, 1.82) is 0 Å². The molecule has 0 aliphatic rings. The van der Waals surface area contributed by atoms with Crippen molar-refractivity contribution >= 4 is 11.6 Å². The first kappa shape index (κ1) is 10.6. The Morgan fingerprint density at radius 3 is 2.23 bits per heavy atom. The van der Waals surface area contributed by atoms with E-state index in [0.717, 1.165) is 0 Å². The molecular formula is C12H17Cl. The van der Waals surface area contributed by atoms with E-state index in [9.17, 15) is 0 Å². The van der Waals surface area contributed by atoms with Crippen LogP contribution < -0.4 is 0 Å². The molecule has 0 bridgehead atoms. The van der Waals surface area contributed by atoms with Crippen LogP contribution in [0.5, 0.6) is 0 Å². The van der Waals surface area contributed by atoms with Crippen molar-refractivity contribution in [1.82, 2.24) is 0 Å². The summed E-state index contributed by atoms with van der Waals surface area (Å²) in [5.41, 5.74) is 3.87. The Bertz CT molecular complexity index is 289. The number of aryl methyl sites for hydroxylation is 2. The van der Waals surface area contributed by atoms with Crippen molar-refractivity contribution in [3.8, 4) is 0 Å². The van der Waals surface area contributed by atoms with E-state index in [4.69, 9.17) is 11.6 Å². The highest BCUT2D eigenvalue weighted by Crippen LogP contribution is 2.30. The largest absolute Gasteiger partial charge is 0.118 e. The lowest BCUT2D eigenvalue weighted by Crippen LogP contribution is -2.01. The van der Waals surface area contributed by atoms with Crippen LogP contribution in [0.4, 0.5) is 0 Å². The minimum Gasteiger partial charge on any atom is -0.118 e. The predicted octanol–water partition coefficient (Wildman–Crippen LogP) is 4.24. The van der Waals surface area contributed by atoms with Crippen LogP contribution in [0.3, 0.4) is 0 Å². The summed E-state index contributed by atoms with van der Waals surface area (Å²) in [5.74, 6) is 0.489. The van der Waals surface area contributed by atoms with Crippen molar-refractivity contribution in [3.63, 3.8) is 0 Å². The highest BCUT2D eigenvalue weighted by molar-refractivity contribution is 6.21. The highest BCUT2D eigenvalue weighted by atomic mass is 35.5. The van der Waals surface area contributed by atoms with Crippen LogP contribution in [0.1, 0.15) is 35.9 Å². The maximum absolute atomic E-state index is 6.30. The van der Waals surface area contributed by atoms with Gasteiger partial charge in [-0.05, 0) is 30.9 Å². The molecule has 0 saturated heterocycles. The van der Waals surface area contributed by atoms with Gasteiger partial charge in [0.05, 0.1) is 5.38 Å². The van der Waals surface area contributed by atoms with E-state index in [0.29, 0.717) is 5.92 Å². The average molecular weight is 197 g/mol. The summed E-state index contributed by atoms with van der Waals surface area (Å²) in [6.45, 7) is 8.53. The molecule has 1 aromatic rings. The summed E-state index contributed by atoms with van der Waals surface area (Å²) in [6.07, 6.45) is 0. The minimum atomic E-state index is 0.139. The molecule has 0 amide bonds. The van der Waals surface area contributed by atoms with Gasteiger partial charge >= 0.3 is 0 Å². The number of halogens is 1. The first-order valence-electron chi connectivity index (χ1n) is 4.73. The second-order valence-corrected chi connectivity index (χ2v) is 4.48. The second-order valence-electron chi connectivity index (χ2n) is 4.01. The SMILES string of the molecule is Cc1ccc(C(Cl)C(C)C)c(C)c1. The lowest BCUT2D eigenvalue weighted by atomic mass is 9.97. The van der Waals surface area contributed by atoms with Crippen LogP contribution in [0, 0.1) is 19.8 Å². The summed E-state index contributed by atoms with van der Waals surface area (Å²) in [7, 11) is 0. The fourth-order valence-electron chi connectivity index (χ4n) is 1.49. The lowest BCUT2D eigenvalue weighted by Gasteiger charge is -2.16. The van der Waals surface area contributed by atoms with E-state index < -0.39 is 0 Å². The first-order chi connectivity index (χ1) is 6.02. The zero-order valence-corrected chi connectivity index (χ0v) is 9.52. The van der Waals surface area contributed by atoms with Gasteiger partial charge in [0.25, 0.3) is 0 Å². The third-order valence-corrected chi connectivity index (χ3v) is 3.05. The van der Waals surface area contributed by atoms with Crippen molar-refractivity contribution < 1.29 is 0 Å². The van der Waals surface area contributed by atoms with Crippen molar-refractivity contribution in [2.75, 3.05) is 0 Å². The van der Waals surface area contributed by atoms with E-state index in [1.165, 1.54) is 16.7 Å². The number of benzene rings is 1. The Balaban J connectivity index is 3.01. The second kappa shape index (κ2) is 4.15. The fourth-order valence-corrected chi connectivity index (χ4v) is 1.74. The standard InChI is InChI=1S/C12H17Cl/c1-8(2)12(13)11-6-5-9(3)7-10(11)4/h5-8,12H,1-4H3. The molecule has 0 spiro atoms. The van der Waals surface area contributed by atoms with Gasteiger partial charge in [0.1, 0.15) is 0 Å². The molecule has 0 nitrogen and oxygen atoms in total. The van der Waals surface area contributed by atoms with Gasteiger partial charge in [0.15, 0.2) is 0 Å². The molecule has 0 N–H and O–H groups in total. The molecule has 1 aromatic carbocycles. The summed E-state index contributed by atoms with van der Waals surface area (Å²) in [5, 5.41) is 0.139. The maximum atomic E-state index is 6.30. The minimum absolute atomic E-state index is 0.139. The first-order valence-corrected chi connectivity index (χ1v) is 5.17. The van der Waals surface area contributed by atoms with Gasteiger partial charge in [0.2, 0.25) is 0 Å². The van der Waals surface area contributed by atoms with Gasteiger partial charge < -0.3 is 0 Å². The molecule has 0 fully saturated rings. The summed E-state index contributed by atoms with van der Waals surface area (Å²) < 4.78 is 0. The topological polar surface area (TPSA) is 0 Å². The van der Waals surface area contributed by atoms with E-state index in [1.807, 2.05) is 0 Å². The fraction of sp³-hybridized carbons (Fsp3) is 0.500. The third-order valence-electron chi connectivity index (χ3n) is 2.31. The molecule has 72 valence electrons. The molecule has 1 rings (SSSR count). The van der Waals surface area contributed by atoms with Crippen LogP contribution in [0.2, 0.25) is 0 Å². The zero-order chi connectivity index (χ0) is 10.0. The predicted molar refractivity (Wildman–Crippen MR) is 59.3 cm³/mol. The van der Waals surface area contributed by atoms with E-state index in [2.05, 4.69) is 45.9 Å².